The summed E-state index contributed by atoms with van der Waals surface area (Å²) in [5.41, 5.74) is 2.76. The number of anilines is 1. The standard InChI is InChI=1S/C22H18N8O2/c1-29-21(26-27-28-29)30-18-12-6-5-11-17(18)24-22(30)32-14-16-10-7-13-19(23-16)25-20(31)15-8-3-2-4-9-15/h2-13H,14H2,1H3,(H,23,25,31). The molecule has 0 aliphatic heterocycles. The van der Waals surface area contributed by atoms with Gasteiger partial charge in [0.2, 0.25) is 0 Å². The first-order chi connectivity index (χ1) is 15.7. The summed E-state index contributed by atoms with van der Waals surface area (Å²) in [5.74, 6) is 0.684. The summed E-state index contributed by atoms with van der Waals surface area (Å²) in [6.07, 6.45) is 0. The minimum Gasteiger partial charge on any atom is -0.458 e. The van der Waals surface area contributed by atoms with Crippen molar-refractivity contribution in [2.24, 2.45) is 7.05 Å². The molecule has 0 spiro atoms. The van der Waals surface area contributed by atoms with E-state index in [1.54, 1.807) is 34.5 Å². The molecule has 0 bridgehead atoms. The first kappa shape index (κ1) is 19.4. The van der Waals surface area contributed by atoms with Crippen LogP contribution in [0.4, 0.5) is 5.82 Å². The SMILES string of the molecule is Cn1nnnc1-n1c(OCc2cccc(NC(=O)c3ccccc3)n2)nc2ccccc21. The first-order valence-electron chi connectivity index (χ1n) is 9.84. The lowest BCUT2D eigenvalue weighted by Crippen LogP contribution is -2.13. The molecule has 5 rings (SSSR count). The molecule has 0 aliphatic carbocycles. The quantitative estimate of drug-likeness (QED) is 0.444. The van der Waals surface area contributed by atoms with E-state index in [4.69, 9.17) is 4.74 Å². The number of fused-ring (bicyclic) bond motifs is 1. The van der Waals surface area contributed by atoms with Gasteiger partial charge >= 0.3 is 6.01 Å². The van der Waals surface area contributed by atoms with E-state index < -0.39 is 0 Å². The molecule has 3 heterocycles. The van der Waals surface area contributed by atoms with E-state index in [1.807, 2.05) is 54.6 Å². The van der Waals surface area contributed by atoms with Crippen LogP contribution in [0.15, 0.2) is 72.8 Å². The molecule has 0 unspecified atom stereocenters. The fourth-order valence-corrected chi connectivity index (χ4v) is 3.25. The number of amides is 1. The van der Waals surface area contributed by atoms with E-state index in [9.17, 15) is 4.79 Å². The van der Waals surface area contributed by atoms with Gasteiger partial charge in [0.15, 0.2) is 0 Å². The van der Waals surface area contributed by atoms with Crippen LogP contribution in [0, 0.1) is 0 Å². The van der Waals surface area contributed by atoms with E-state index in [0.29, 0.717) is 29.0 Å². The number of nitrogens with one attached hydrogen (secondary N) is 1. The summed E-state index contributed by atoms with van der Waals surface area (Å²) in [4.78, 5) is 21.4. The normalized spacial score (nSPS) is 10.9. The Morgan fingerprint density at radius 2 is 1.78 bits per heavy atom. The van der Waals surface area contributed by atoms with Gasteiger partial charge in [-0.2, -0.15) is 4.98 Å². The number of aryl methyl sites for hydroxylation is 1. The number of aromatic nitrogens is 7. The molecule has 3 aromatic heterocycles. The number of carbonyl (C=O) groups is 1. The van der Waals surface area contributed by atoms with Crippen molar-refractivity contribution < 1.29 is 9.53 Å². The third kappa shape index (κ3) is 3.76. The number of nitrogens with zero attached hydrogens (tertiary/aromatic N) is 7. The molecule has 5 aromatic rings. The number of benzene rings is 2. The Bertz CT molecular complexity index is 1390. The monoisotopic (exact) mass is 426 g/mol. The third-order valence-electron chi connectivity index (χ3n) is 4.76. The largest absolute Gasteiger partial charge is 0.458 e. The zero-order valence-corrected chi connectivity index (χ0v) is 17.1. The second kappa shape index (κ2) is 8.26. The van der Waals surface area contributed by atoms with Crippen LogP contribution in [0.1, 0.15) is 16.1 Å². The number of carbonyl (C=O) groups excluding carboxylic acids is 1. The first-order valence-corrected chi connectivity index (χ1v) is 9.84. The number of hydrogen-bond acceptors (Lipinski definition) is 7. The smallest absolute Gasteiger partial charge is 0.305 e. The number of ether oxygens (including phenoxy) is 1. The molecule has 0 radical (unpaired) electrons. The van der Waals surface area contributed by atoms with Crippen LogP contribution >= 0.6 is 0 Å². The minimum absolute atomic E-state index is 0.143. The molecule has 2 aromatic carbocycles. The Labute approximate surface area is 182 Å². The molecule has 10 nitrogen and oxygen atoms in total. The zero-order valence-electron chi connectivity index (χ0n) is 17.1. The Balaban J connectivity index is 1.38. The topological polar surface area (TPSA) is 113 Å². The van der Waals surface area contributed by atoms with Gasteiger partial charge in [0.25, 0.3) is 11.9 Å². The van der Waals surface area contributed by atoms with Crippen molar-refractivity contribution >= 4 is 22.8 Å². The van der Waals surface area contributed by atoms with Gasteiger partial charge in [0.05, 0.1) is 16.7 Å². The van der Waals surface area contributed by atoms with E-state index in [2.05, 4.69) is 30.8 Å². The molecular formula is C22H18N8O2. The number of para-hydroxylation sites is 2. The average Bonchev–Trinajstić information content (AvgIpc) is 3.41. The minimum atomic E-state index is -0.229. The van der Waals surface area contributed by atoms with Crippen molar-refractivity contribution in [3.63, 3.8) is 0 Å². The highest BCUT2D eigenvalue weighted by atomic mass is 16.5. The Morgan fingerprint density at radius 1 is 0.969 bits per heavy atom. The van der Waals surface area contributed by atoms with Gasteiger partial charge < -0.3 is 10.1 Å². The van der Waals surface area contributed by atoms with E-state index in [1.165, 1.54) is 0 Å². The molecule has 0 aliphatic rings. The van der Waals surface area contributed by atoms with Gasteiger partial charge in [-0.25, -0.2) is 14.2 Å². The zero-order chi connectivity index (χ0) is 21.9. The highest BCUT2D eigenvalue weighted by Crippen LogP contribution is 2.25. The summed E-state index contributed by atoms with van der Waals surface area (Å²) in [7, 11) is 1.74. The highest BCUT2D eigenvalue weighted by Gasteiger charge is 2.18. The molecule has 0 saturated carbocycles. The average molecular weight is 426 g/mol. The summed E-state index contributed by atoms with van der Waals surface area (Å²) in [6.45, 7) is 0.143. The number of imidazole rings is 1. The van der Waals surface area contributed by atoms with Crippen LogP contribution in [-0.4, -0.2) is 40.6 Å². The lowest BCUT2D eigenvalue weighted by atomic mass is 10.2. The Hall–Kier alpha value is -4.60. The lowest BCUT2D eigenvalue weighted by Gasteiger charge is -2.09. The number of rotatable bonds is 6. The van der Waals surface area contributed by atoms with Crippen molar-refractivity contribution in [3.05, 3.63) is 84.1 Å². The molecule has 1 N–H and O–H groups in total. The fraction of sp³-hybridized carbons (Fsp3) is 0.0909. The van der Waals surface area contributed by atoms with Crippen LogP contribution in [0.5, 0.6) is 6.01 Å². The molecule has 10 heteroatoms. The van der Waals surface area contributed by atoms with Crippen molar-refractivity contribution in [2.45, 2.75) is 6.61 Å². The van der Waals surface area contributed by atoms with Crippen molar-refractivity contribution in [1.82, 2.24) is 34.7 Å². The number of hydrogen-bond donors (Lipinski definition) is 1. The predicted octanol–water partition coefficient (Wildman–Crippen LogP) is 2.78. The van der Waals surface area contributed by atoms with Gasteiger partial charge in [0, 0.05) is 12.6 Å². The van der Waals surface area contributed by atoms with Crippen molar-refractivity contribution in [2.75, 3.05) is 5.32 Å². The maximum atomic E-state index is 12.4. The Kier molecular flexibility index (Phi) is 5.00. The van der Waals surface area contributed by atoms with E-state index >= 15 is 0 Å². The Morgan fingerprint density at radius 3 is 2.59 bits per heavy atom. The maximum absolute atomic E-state index is 12.4. The van der Waals surface area contributed by atoms with Crippen LogP contribution in [-0.2, 0) is 13.7 Å². The second-order valence-electron chi connectivity index (χ2n) is 6.94. The third-order valence-corrected chi connectivity index (χ3v) is 4.76. The van der Waals surface area contributed by atoms with Crippen molar-refractivity contribution in [1.29, 1.82) is 0 Å². The van der Waals surface area contributed by atoms with E-state index in [0.717, 1.165) is 11.0 Å². The van der Waals surface area contributed by atoms with Crippen molar-refractivity contribution in [3.8, 4) is 12.0 Å². The molecule has 158 valence electrons. The van der Waals surface area contributed by atoms with Crippen LogP contribution in [0.2, 0.25) is 0 Å². The fourth-order valence-electron chi connectivity index (χ4n) is 3.25. The second-order valence-corrected chi connectivity index (χ2v) is 6.94. The number of tetrazole rings is 1. The van der Waals surface area contributed by atoms with Crippen LogP contribution in [0.3, 0.4) is 0 Å². The lowest BCUT2D eigenvalue weighted by molar-refractivity contribution is 0.102. The molecular weight excluding hydrogens is 408 g/mol. The summed E-state index contributed by atoms with van der Waals surface area (Å²) >= 11 is 0. The van der Waals surface area contributed by atoms with Gasteiger partial charge in [-0.05, 0) is 46.8 Å². The molecule has 0 saturated heterocycles. The van der Waals surface area contributed by atoms with Gasteiger partial charge in [0.1, 0.15) is 12.4 Å². The molecule has 0 fully saturated rings. The highest BCUT2D eigenvalue weighted by molar-refractivity contribution is 6.03. The van der Waals surface area contributed by atoms with Gasteiger partial charge in [-0.1, -0.05) is 41.5 Å². The van der Waals surface area contributed by atoms with Crippen LogP contribution < -0.4 is 10.1 Å². The van der Waals surface area contributed by atoms with Crippen LogP contribution in [0.25, 0.3) is 17.0 Å². The maximum Gasteiger partial charge on any atom is 0.305 e. The summed E-state index contributed by atoms with van der Waals surface area (Å²) < 4.78 is 9.29. The molecule has 1 amide bonds. The predicted molar refractivity (Wildman–Crippen MR) is 116 cm³/mol. The van der Waals surface area contributed by atoms with Gasteiger partial charge in [-0.15, -0.1) is 0 Å². The van der Waals surface area contributed by atoms with E-state index in [-0.39, 0.29) is 12.5 Å². The molecule has 0 atom stereocenters. The number of pyridine rings is 1. The molecule has 32 heavy (non-hydrogen) atoms. The summed E-state index contributed by atoms with van der Waals surface area (Å²) in [6, 6.07) is 22.3. The van der Waals surface area contributed by atoms with Gasteiger partial charge in [-0.3, -0.25) is 4.79 Å². The summed E-state index contributed by atoms with van der Waals surface area (Å²) in [5, 5.41) is 14.5.